The van der Waals surface area contributed by atoms with Crippen LogP contribution in [-0.4, -0.2) is 52.7 Å². The van der Waals surface area contributed by atoms with Crippen molar-refractivity contribution in [2.75, 3.05) is 0 Å². The maximum absolute atomic E-state index is 13.7. The van der Waals surface area contributed by atoms with Gasteiger partial charge in [-0.2, -0.15) is 70.2 Å². The highest BCUT2D eigenvalue weighted by Crippen LogP contribution is 2.64. The third kappa shape index (κ3) is 4.15. The standard InChI is InChI=1S/C14H6ClF16NOS/c15-14(30,31)13(28,29)12(26,27)11(24,25)10(22,23)9(20,21)8(18,19)7(16,17)6(33)32-4-5-2-1-3-34-5/h1-3H,4H2,(H,32,33). The van der Waals surface area contributed by atoms with Gasteiger partial charge in [0.25, 0.3) is 5.91 Å². The van der Waals surface area contributed by atoms with E-state index in [4.69, 9.17) is 0 Å². The van der Waals surface area contributed by atoms with Gasteiger partial charge in [0.1, 0.15) is 0 Å². The SMILES string of the molecule is O=C(NCc1cccs1)C(F)(F)C(F)(F)C(F)(F)C(F)(F)C(F)(F)C(F)(F)C(F)(F)C(F)(F)Cl. The third-order valence-electron chi connectivity index (χ3n) is 4.01. The lowest BCUT2D eigenvalue weighted by atomic mass is 9.89. The molecule has 0 radical (unpaired) electrons. The highest BCUT2D eigenvalue weighted by Gasteiger charge is 2.95. The Labute approximate surface area is 185 Å². The summed E-state index contributed by atoms with van der Waals surface area (Å²) >= 11 is 4.07. The fourth-order valence-electron chi connectivity index (χ4n) is 2.00. The lowest BCUT2D eigenvalue weighted by molar-refractivity contribution is -0.446. The number of thiophene rings is 1. The molecular formula is C14H6ClF16NOS. The third-order valence-corrected chi connectivity index (χ3v) is 5.12. The van der Waals surface area contributed by atoms with E-state index in [9.17, 15) is 75.0 Å². The topological polar surface area (TPSA) is 29.1 Å². The Balaban J connectivity index is 3.48. The summed E-state index contributed by atoms with van der Waals surface area (Å²) in [6, 6.07) is 2.26. The molecule has 1 aromatic heterocycles. The summed E-state index contributed by atoms with van der Waals surface area (Å²) in [5.74, 6) is -60.2. The van der Waals surface area contributed by atoms with Crippen molar-refractivity contribution in [2.45, 2.75) is 53.4 Å². The second-order valence-electron chi connectivity index (χ2n) is 6.28. The minimum Gasteiger partial charge on any atom is -0.346 e. The molecule has 1 aromatic rings. The van der Waals surface area contributed by atoms with E-state index < -0.39 is 59.3 Å². The first-order chi connectivity index (χ1) is 14.7. The molecule has 1 N–H and O–H groups in total. The molecule has 198 valence electrons. The molecule has 0 aliphatic heterocycles. The fraction of sp³-hybridized carbons (Fsp3) is 0.643. The normalized spacial score (nSPS) is 15.4. The second-order valence-corrected chi connectivity index (χ2v) is 7.79. The van der Waals surface area contributed by atoms with Gasteiger partial charge in [-0.15, -0.1) is 11.3 Å². The molecule has 2 nitrogen and oxygen atoms in total. The second kappa shape index (κ2) is 8.48. The van der Waals surface area contributed by atoms with Crippen molar-refractivity contribution in [3.63, 3.8) is 0 Å². The largest absolute Gasteiger partial charge is 0.393 e. The summed E-state index contributed by atoms with van der Waals surface area (Å²) in [5.41, 5.74) is 0. The highest BCUT2D eigenvalue weighted by atomic mass is 35.5. The number of alkyl halides is 17. The average molecular weight is 576 g/mol. The van der Waals surface area contributed by atoms with E-state index in [0.717, 1.165) is 11.4 Å². The maximum Gasteiger partial charge on any atom is 0.393 e. The number of amides is 1. The van der Waals surface area contributed by atoms with E-state index in [1.165, 1.54) is 11.4 Å². The summed E-state index contributed by atoms with van der Waals surface area (Å²) in [6.07, 6.45) is 0. The number of carbonyl (C=O) groups excluding carboxylic acids is 1. The first kappa shape index (κ1) is 30.4. The Morgan fingerprint density at radius 3 is 1.44 bits per heavy atom. The van der Waals surface area contributed by atoms with Gasteiger partial charge in [-0.3, -0.25) is 4.79 Å². The molecule has 1 rings (SSSR count). The first-order valence-electron chi connectivity index (χ1n) is 7.77. The van der Waals surface area contributed by atoms with Crippen LogP contribution in [0, 0.1) is 0 Å². The smallest absolute Gasteiger partial charge is 0.346 e. The van der Waals surface area contributed by atoms with Crippen molar-refractivity contribution in [3.8, 4) is 0 Å². The number of carbonyl (C=O) groups is 1. The molecule has 0 unspecified atom stereocenters. The Kier molecular flexibility index (Phi) is 7.57. The number of hydrogen-bond acceptors (Lipinski definition) is 2. The van der Waals surface area contributed by atoms with Crippen LogP contribution in [-0.2, 0) is 11.3 Å². The lowest BCUT2D eigenvalue weighted by Crippen LogP contribution is -2.75. The van der Waals surface area contributed by atoms with Gasteiger partial charge in [-0.25, -0.2) is 0 Å². The van der Waals surface area contributed by atoms with Gasteiger partial charge in [0.05, 0.1) is 6.54 Å². The summed E-state index contributed by atoms with van der Waals surface area (Å²) < 4.78 is 213. The van der Waals surface area contributed by atoms with E-state index in [0.29, 0.717) is 11.3 Å². The molecule has 0 saturated heterocycles. The van der Waals surface area contributed by atoms with Crippen molar-refractivity contribution in [1.82, 2.24) is 5.32 Å². The molecule has 1 heterocycles. The molecule has 0 aliphatic rings. The maximum atomic E-state index is 13.7. The van der Waals surface area contributed by atoms with Crippen LogP contribution in [0.15, 0.2) is 17.5 Å². The number of nitrogens with one attached hydrogen (secondary N) is 1. The minimum atomic E-state index is -8.60. The Morgan fingerprint density at radius 2 is 1.09 bits per heavy atom. The zero-order valence-electron chi connectivity index (χ0n) is 15.2. The van der Waals surface area contributed by atoms with E-state index in [2.05, 4.69) is 11.6 Å². The molecule has 1 amide bonds. The van der Waals surface area contributed by atoms with Gasteiger partial charge >= 0.3 is 46.8 Å². The molecule has 0 fully saturated rings. The quantitative estimate of drug-likeness (QED) is 0.246. The van der Waals surface area contributed by atoms with Crippen LogP contribution >= 0.6 is 22.9 Å². The van der Waals surface area contributed by atoms with Crippen molar-refractivity contribution in [1.29, 1.82) is 0 Å². The van der Waals surface area contributed by atoms with Crippen molar-refractivity contribution >= 4 is 28.8 Å². The fourth-order valence-corrected chi connectivity index (χ4v) is 2.76. The van der Waals surface area contributed by atoms with Crippen LogP contribution in [0.3, 0.4) is 0 Å². The van der Waals surface area contributed by atoms with Crippen LogP contribution in [0.4, 0.5) is 70.2 Å². The average Bonchev–Trinajstić information content (AvgIpc) is 3.17. The van der Waals surface area contributed by atoms with Crippen LogP contribution in [0.1, 0.15) is 4.88 Å². The molecule has 0 aliphatic carbocycles. The Bertz CT molecular complexity index is 879. The predicted octanol–water partition coefficient (Wildman–Crippen LogP) is 6.64. The van der Waals surface area contributed by atoms with Gasteiger partial charge in [-0.1, -0.05) is 6.07 Å². The van der Waals surface area contributed by atoms with Gasteiger partial charge in [0.2, 0.25) is 0 Å². The summed E-state index contributed by atoms with van der Waals surface area (Å²) in [6.45, 7) is -1.12. The summed E-state index contributed by atoms with van der Waals surface area (Å²) in [4.78, 5) is 11.1. The van der Waals surface area contributed by atoms with Crippen molar-refractivity contribution in [2.24, 2.45) is 0 Å². The van der Waals surface area contributed by atoms with Gasteiger partial charge in [0, 0.05) is 4.88 Å². The molecule has 0 aromatic carbocycles. The molecule has 0 atom stereocenters. The zero-order valence-corrected chi connectivity index (χ0v) is 16.8. The lowest BCUT2D eigenvalue weighted by Gasteiger charge is -2.42. The van der Waals surface area contributed by atoms with E-state index in [1.54, 1.807) is 0 Å². The molecule has 20 heteroatoms. The van der Waals surface area contributed by atoms with E-state index in [-0.39, 0.29) is 4.88 Å². The van der Waals surface area contributed by atoms with E-state index >= 15 is 0 Å². The van der Waals surface area contributed by atoms with Crippen molar-refractivity contribution in [3.05, 3.63) is 22.4 Å². The van der Waals surface area contributed by atoms with Crippen LogP contribution in [0.5, 0.6) is 0 Å². The highest BCUT2D eigenvalue weighted by molar-refractivity contribution is 7.09. The molecule has 34 heavy (non-hydrogen) atoms. The number of hydrogen-bond donors (Lipinski definition) is 1. The predicted molar refractivity (Wildman–Crippen MR) is 81.6 cm³/mol. The van der Waals surface area contributed by atoms with Gasteiger partial charge in [0.15, 0.2) is 0 Å². The molecule has 0 spiro atoms. The molecular weight excluding hydrogens is 570 g/mol. The minimum absolute atomic E-state index is 0.111. The van der Waals surface area contributed by atoms with Crippen LogP contribution in [0.25, 0.3) is 0 Å². The first-order valence-corrected chi connectivity index (χ1v) is 9.03. The molecule has 0 saturated carbocycles. The Hall–Kier alpha value is -1.66. The summed E-state index contributed by atoms with van der Waals surface area (Å²) in [5, 5.41) is -4.76. The van der Waals surface area contributed by atoms with Gasteiger partial charge < -0.3 is 5.32 Å². The molecule has 0 bridgehead atoms. The number of halogens is 17. The monoisotopic (exact) mass is 575 g/mol. The zero-order chi connectivity index (χ0) is 27.4. The number of rotatable bonds is 10. The summed E-state index contributed by atoms with van der Waals surface area (Å²) in [7, 11) is 0. The van der Waals surface area contributed by atoms with Crippen LogP contribution < -0.4 is 5.32 Å². The van der Waals surface area contributed by atoms with Gasteiger partial charge in [-0.05, 0) is 23.0 Å². The van der Waals surface area contributed by atoms with Crippen molar-refractivity contribution < 1.29 is 75.0 Å². The Morgan fingerprint density at radius 1 is 0.706 bits per heavy atom. The van der Waals surface area contributed by atoms with Crippen LogP contribution in [0.2, 0.25) is 0 Å². The van der Waals surface area contributed by atoms with E-state index in [1.807, 2.05) is 0 Å².